The van der Waals surface area contributed by atoms with Gasteiger partial charge in [-0.3, -0.25) is 14.5 Å². The first-order valence-electron chi connectivity index (χ1n) is 11.6. The summed E-state index contributed by atoms with van der Waals surface area (Å²) >= 11 is 1.01. The van der Waals surface area contributed by atoms with E-state index < -0.39 is 0 Å². The van der Waals surface area contributed by atoms with Crippen LogP contribution in [0, 0.1) is 5.92 Å². The third-order valence-corrected chi connectivity index (χ3v) is 7.01. The zero-order valence-electron chi connectivity index (χ0n) is 19.2. The Morgan fingerprint density at radius 3 is 2.50 bits per heavy atom. The van der Waals surface area contributed by atoms with Gasteiger partial charge in [-0.2, -0.15) is 5.10 Å². The monoisotopic (exact) mass is 498 g/mol. The minimum absolute atomic E-state index is 0.191. The maximum absolute atomic E-state index is 12.7. The van der Waals surface area contributed by atoms with Gasteiger partial charge in [0.2, 0.25) is 0 Å². The molecule has 2 aromatic carbocycles. The van der Waals surface area contributed by atoms with E-state index in [0.717, 1.165) is 35.9 Å². The number of ether oxygens (including phenoxy) is 1. The van der Waals surface area contributed by atoms with Crippen LogP contribution in [0.4, 0.5) is 10.6 Å². The van der Waals surface area contributed by atoms with Crippen molar-refractivity contribution in [2.24, 2.45) is 5.92 Å². The predicted octanol–water partition coefficient (Wildman–Crippen LogP) is 4.86. The van der Waals surface area contributed by atoms with E-state index in [1.165, 1.54) is 11.2 Å². The molecular weight excluding hydrogens is 476 g/mol. The van der Waals surface area contributed by atoms with Crippen LogP contribution in [-0.2, 0) is 11.3 Å². The summed E-state index contributed by atoms with van der Waals surface area (Å²) in [5.74, 6) is 1.93. The third kappa shape index (κ3) is 4.31. The molecule has 0 unspecified atom stereocenters. The first kappa shape index (κ1) is 22.3. The number of amides is 2. The van der Waals surface area contributed by atoms with Gasteiger partial charge in [0.15, 0.2) is 5.65 Å². The van der Waals surface area contributed by atoms with Crippen LogP contribution in [0.25, 0.3) is 22.3 Å². The fourth-order valence-corrected chi connectivity index (χ4v) is 5.00. The summed E-state index contributed by atoms with van der Waals surface area (Å²) in [4.78, 5) is 35.5. The van der Waals surface area contributed by atoms with Crippen molar-refractivity contribution in [3.63, 3.8) is 0 Å². The SMILES string of the molecule is Nc1ncnc2c1c(-c1ccc(Oc3ccccc3)cc1)nn2CCN1C(=O)S/C(=C/C2CC2)C1=O. The highest BCUT2D eigenvalue weighted by atomic mass is 32.2. The summed E-state index contributed by atoms with van der Waals surface area (Å²) in [5, 5.41) is 5.11. The maximum Gasteiger partial charge on any atom is 0.293 e. The lowest BCUT2D eigenvalue weighted by Crippen LogP contribution is -2.31. The number of carbonyl (C=O) groups is 2. The molecule has 4 aromatic rings. The molecule has 1 saturated carbocycles. The number of anilines is 1. The van der Waals surface area contributed by atoms with E-state index in [9.17, 15) is 9.59 Å². The average molecular weight is 499 g/mol. The fraction of sp³-hybridized carbons (Fsp3) is 0.192. The molecule has 1 aliphatic heterocycles. The summed E-state index contributed by atoms with van der Waals surface area (Å²) in [5.41, 5.74) is 8.20. The molecule has 1 saturated heterocycles. The summed E-state index contributed by atoms with van der Waals surface area (Å²) in [6.45, 7) is 0.480. The number of carbonyl (C=O) groups excluding carboxylic acids is 2. The number of fused-ring (bicyclic) bond motifs is 1. The van der Waals surface area contributed by atoms with Crippen LogP contribution < -0.4 is 10.5 Å². The third-order valence-electron chi connectivity index (χ3n) is 6.08. The van der Waals surface area contributed by atoms with Crippen LogP contribution in [0.5, 0.6) is 11.5 Å². The molecule has 2 aliphatic rings. The van der Waals surface area contributed by atoms with Crippen molar-refractivity contribution < 1.29 is 14.3 Å². The van der Waals surface area contributed by atoms with Gasteiger partial charge in [-0.05, 0) is 66.9 Å². The van der Waals surface area contributed by atoms with Gasteiger partial charge in [-0.1, -0.05) is 24.3 Å². The quantitative estimate of drug-likeness (QED) is 0.359. The number of allylic oxidation sites excluding steroid dienone is 1. The molecule has 6 rings (SSSR count). The fourth-order valence-electron chi connectivity index (χ4n) is 4.07. The number of hydrogen-bond acceptors (Lipinski definition) is 8. The smallest absolute Gasteiger partial charge is 0.293 e. The number of nitrogen functional groups attached to an aromatic ring is 1. The Kier molecular flexibility index (Phi) is 5.65. The highest BCUT2D eigenvalue weighted by Gasteiger charge is 2.36. The summed E-state index contributed by atoms with van der Waals surface area (Å²) in [6.07, 6.45) is 5.46. The van der Waals surface area contributed by atoms with E-state index in [4.69, 9.17) is 15.6 Å². The van der Waals surface area contributed by atoms with Gasteiger partial charge < -0.3 is 10.5 Å². The van der Waals surface area contributed by atoms with Gasteiger partial charge in [-0.25, -0.2) is 14.6 Å². The Hall–Kier alpha value is -4.18. The van der Waals surface area contributed by atoms with Crippen LogP contribution in [0.15, 0.2) is 71.9 Å². The zero-order valence-corrected chi connectivity index (χ0v) is 20.0. The second kappa shape index (κ2) is 9.12. The Balaban J connectivity index is 1.26. The van der Waals surface area contributed by atoms with Crippen molar-refractivity contribution in [2.45, 2.75) is 19.4 Å². The van der Waals surface area contributed by atoms with E-state index in [2.05, 4.69) is 9.97 Å². The zero-order chi connectivity index (χ0) is 24.6. The lowest BCUT2D eigenvalue weighted by molar-refractivity contribution is -0.122. The summed E-state index contributed by atoms with van der Waals surface area (Å²) < 4.78 is 7.56. The molecular formula is C26H22N6O3S. The molecule has 0 bridgehead atoms. The van der Waals surface area contributed by atoms with E-state index in [1.54, 1.807) is 4.68 Å². The first-order valence-corrected chi connectivity index (χ1v) is 12.4. The normalized spacial score (nSPS) is 16.9. The van der Waals surface area contributed by atoms with E-state index in [1.807, 2.05) is 60.7 Å². The molecule has 2 fully saturated rings. The van der Waals surface area contributed by atoms with Crippen molar-refractivity contribution in [2.75, 3.05) is 12.3 Å². The molecule has 36 heavy (non-hydrogen) atoms. The molecule has 2 N–H and O–H groups in total. The molecule has 3 heterocycles. The van der Waals surface area contributed by atoms with Crippen molar-refractivity contribution in [1.82, 2.24) is 24.6 Å². The van der Waals surface area contributed by atoms with Crippen LogP contribution in [0.2, 0.25) is 0 Å². The van der Waals surface area contributed by atoms with Gasteiger partial charge in [0.1, 0.15) is 29.3 Å². The number of para-hydroxylation sites is 1. The number of benzene rings is 2. The Bertz CT molecular complexity index is 1500. The number of aromatic nitrogens is 4. The standard InChI is InChI=1S/C26H22N6O3S/c27-23-21-22(17-8-10-19(11-9-17)35-18-4-2-1-3-5-18)30-32(24(21)29-15-28-23)13-12-31-25(33)20(36-26(31)34)14-16-6-7-16/h1-5,8-11,14-16H,6-7,12-13H2,(H2,27,28,29)/b20-14+. The Labute approximate surface area is 211 Å². The number of imide groups is 1. The lowest BCUT2D eigenvalue weighted by Gasteiger charge is -2.12. The molecule has 1 aliphatic carbocycles. The van der Waals surface area contributed by atoms with Crippen molar-refractivity contribution in [1.29, 1.82) is 0 Å². The summed E-state index contributed by atoms with van der Waals surface area (Å²) in [7, 11) is 0. The molecule has 180 valence electrons. The highest BCUT2D eigenvalue weighted by molar-refractivity contribution is 8.18. The molecule has 2 aromatic heterocycles. The van der Waals surface area contributed by atoms with Crippen LogP contribution in [-0.4, -0.2) is 42.3 Å². The summed E-state index contributed by atoms with van der Waals surface area (Å²) in [6, 6.07) is 17.1. The Morgan fingerprint density at radius 1 is 1.00 bits per heavy atom. The van der Waals surface area contributed by atoms with Crippen LogP contribution >= 0.6 is 11.8 Å². The van der Waals surface area contributed by atoms with E-state index in [0.29, 0.717) is 39.1 Å². The number of thioether (sulfide) groups is 1. The van der Waals surface area contributed by atoms with E-state index >= 15 is 0 Å². The second-order valence-corrected chi connectivity index (χ2v) is 9.66. The van der Waals surface area contributed by atoms with E-state index in [-0.39, 0.29) is 24.2 Å². The van der Waals surface area contributed by atoms with Gasteiger partial charge >= 0.3 is 0 Å². The number of nitrogens with two attached hydrogens (primary N) is 1. The minimum Gasteiger partial charge on any atom is -0.457 e. The van der Waals surface area contributed by atoms with Gasteiger partial charge in [0.25, 0.3) is 11.1 Å². The van der Waals surface area contributed by atoms with Gasteiger partial charge in [-0.15, -0.1) is 0 Å². The van der Waals surface area contributed by atoms with Gasteiger partial charge in [0.05, 0.1) is 16.8 Å². The molecule has 0 radical (unpaired) electrons. The molecule has 0 atom stereocenters. The topological polar surface area (TPSA) is 116 Å². The van der Waals surface area contributed by atoms with Crippen molar-refractivity contribution in [3.05, 3.63) is 71.9 Å². The van der Waals surface area contributed by atoms with Crippen LogP contribution in [0.3, 0.4) is 0 Å². The molecule has 9 nitrogen and oxygen atoms in total. The highest BCUT2D eigenvalue weighted by Crippen LogP contribution is 2.38. The number of rotatable bonds is 7. The second-order valence-electron chi connectivity index (χ2n) is 8.66. The van der Waals surface area contributed by atoms with Crippen LogP contribution in [0.1, 0.15) is 12.8 Å². The molecule has 2 amide bonds. The average Bonchev–Trinajstić information content (AvgIpc) is 3.57. The van der Waals surface area contributed by atoms with Crippen molar-refractivity contribution >= 4 is 39.8 Å². The predicted molar refractivity (Wildman–Crippen MR) is 137 cm³/mol. The number of hydrogen-bond donors (Lipinski definition) is 1. The largest absolute Gasteiger partial charge is 0.457 e. The first-order chi connectivity index (χ1) is 17.6. The molecule has 0 spiro atoms. The number of nitrogens with zero attached hydrogens (tertiary/aromatic N) is 5. The minimum atomic E-state index is -0.258. The van der Waals surface area contributed by atoms with Gasteiger partial charge in [0, 0.05) is 12.1 Å². The lowest BCUT2D eigenvalue weighted by atomic mass is 10.1. The maximum atomic E-state index is 12.7. The molecule has 10 heteroatoms. The Morgan fingerprint density at radius 2 is 1.75 bits per heavy atom. The van der Waals surface area contributed by atoms with Crippen molar-refractivity contribution in [3.8, 4) is 22.8 Å².